The van der Waals surface area contributed by atoms with Crippen LogP contribution in [0.3, 0.4) is 0 Å². The van der Waals surface area contributed by atoms with E-state index in [2.05, 4.69) is 40.9 Å². The number of rotatable bonds is 6. The standard InChI is InChI=1S/C18H31N5O/c1-6-22-10-12-23(13-11-22)18(2,3)14-20-17(24)15-8-7-9-19-16(15)21(4)5/h7-9H,6,10-14H2,1-5H3,(H,20,24). The second-order valence-electron chi connectivity index (χ2n) is 7.19. The number of likely N-dealkylation sites (N-methyl/N-ethyl adjacent to an activating group) is 1. The molecule has 1 aliphatic rings. The fourth-order valence-corrected chi connectivity index (χ4v) is 3.10. The Morgan fingerprint density at radius 2 is 1.96 bits per heavy atom. The van der Waals surface area contributed by atoms with Crippen molar-refractivity contribution in [3.63, 3.8) is 0 Å². The summed E-state index contributed by atoms with van der Waals surface area (Å²) in [5, 5.41) is 3.10. The molecule has 1 aliphatic heterocycles. The molecular formula is C18H31N5O. The number of hydrogen-bond donors (Lipinski definition) is 1. The van der Waals surface area contributed by atoms with E-state index in [0.717, 1.165) is 32.7 Å². The Balaban J connectivity index is 1.96. The number of aromatic nitrogens is 1. The fraction of sp³-hybridized carbons (Fsp3) is 0.667. The van der Waals surface area contributed by atoms with E-state index in [1.165, 1.54) is 0 Å². The average Bonchev–Trinajstić information content (AvgIpc) is 2.59. The van der Waals surface area contributed by atoms with Crippen molar-refractivity contribution in [1.82, 2.24) is 20.1 Å². The first-order chi connectivity index (χ1) is 11.3. The third-order valence-electron chi connectivity index (χ3n) is 4.81. The Morgan fingerprint density at radius 3 is 2.54 bits per heavy atom. The molecule has 0 aromatic carbocycles. The Kier molecular flexibility index (Phi) is 6.18. The van der Waals surface area contributed by atoms with Gasteiger partial charge in [-0.1, -0.05) is 6.92 Å². The molecule has 1 N–H and O–H groups in total. The van der Waals surface area contributed by atoms with Crippen LogP contribution in [0.5, 0.6) is 0 Å². The highest BCUT2D eigenvalue weighted by Gasteiger charge is 2.30. The molecule has 1 fully saturated rings. The van der Waals surface area contributed by atoms with Gasteiger partial charge in [-0.05, 0) is 32.5 Å². The predicted octanol–water partition coefficient (Wildman–Crippen LogP) is 1.29. The van der Waals surface area contributed by atoms with Crippen LogP contribution >= 0.6 is 0 Å². The molecule has 0 atom stereocenters. The molecule has 2 heterocycles. The van der Waals surface area contributed by atoms with Gasteiger partial charge in [0.05, 0.1) is 5.56 Å². The van der Waals surface area contributed by atoms with E-state index < -0.39 is 0 Å². The van der Waals surface area contributed by atoms with Gasteiger partial charge in [-0.2, -0.15) is 0 Å². The SMILES string of the molecule is CCN1CCN(C(C)(C)CNC(=O)c2cccnc2N(C)C)CC1. The van der Waals surface area contributed by atoms with Crippen LogP contribution in [0.2, 0.25) is 0 Å². The van der Waals surface area contributed by atoms with Crippen LogP contribution in [-0.4, -0.2) is 79.6 Å². The molecule has 6 nitrogen and oxygen atoms in total. The molecule has 1 aromatic heterocycles. The highest BCUT2D eigenvalue weighted by molar-refractivity contribution is 5.98. The van der Waals surface area contributed by atoms with Crippen LogP contribution in [0.4, 0.5) is 5.82 Å². The van der Waals surface area contributed by atoms with Crippen molar-refractivity contribution in [2.45, 2.75) is 26.3 Å². The van der Waals surface area contributed by atoms with Gasteiger partial charge in [0.15, 0.2) is 0 Å². The Morgan fingerprint density at radius 1 is 1.29 bits per heavy atom. The van der Waals surface area contributed by atoms with Crippen LogP contribution in [0, 0.1) is 0 Å². The minimum atomic E-state index is -0.0629. The number of carbonyl (C=O) groups excluding carboxylic acids is 1. The zero-order valence-electron chi connectivity index (χ0n) is 15.7. The maximum absolute atomic E-state index is 12.6. The monoisotopic (exact) mass is 333 g/mol. The van der Waals surface area contributed by atoms with E-state index >= 15 is 0 Å². The Hall–Kier alpha value is -1.66. The third kappa shape index (κ3) is 4.45. The summed E-state index contributed by atoms with van der Waals surface area (Å²) in [4.78, 5) is 23.7. The first-order valence-corrected chi connectivity index (χ1v) is 8.73. The van der Waals surface area contributed by atoms with Crippen LogP contribution < -0.4 is 10.2 Å². The first kappa shape index (κ1) is 18.7. The van der Waals surface area contributed by atoms with Crippen molar-refractivity contribution in [2.24, 2.45) is 0 Å². The molecule has 1 amide bonds. The van der Waals surface area contributed by atoms with Gasteiger partial charge in [-0.3, -0.25) is 9.69 Å². The lowest BCUT2D eigenvalue weighted by atomic mass is 10.0. The summed E-state index contributed by atoms with van der Waals surface area (Å²) in [5.74, 6) is 0.636. The summed E-state index contributed by atoms with van der Waals surface area (Å²) in [7, 11) is 3.80. The molecule has 0 radical (unpaired) electrons. The second kappa shape index (κ2) is 7.94. The highest BCUT2D eigenvalue weighted by Crippen LogP contribution is 2.18. The molecular weight excluding hydrogens is 302 g/mol. The fourth-order valence-electron chi connectivity index (χ4n) is 3.10. The molecule has 0 unspecified atom stereocenters. The van der Waals surface area contributed by atoms with E-state index in [1.807, 2.05) is 25.1 Å². The van der Waals surface area contributed by atoms with Gasteiger partial charge in [0.2, 0.25) is 0 Å². The number of amides is 1. The lowest BCUT2D eigenvalue weighted by Crippen LogP contribution is -2.58. The van der Waals surface area contributed by atoms with Crippen molar-refractivity contribution in [3.05, 3.63) is 23.9 Å². The minimum absolute atomic E-state index is 0.0595. The van der Waals surface area contributed by atoms with Gasteiger partial charge in [0.25, 0.3) is 5.91 Å². The molecule has 2 rings (SSSR count). The molecule has 134 valence electrons. The van der Waals surface area contributed by atoms with Gasteiger partial charge in [0, 0.05) is 58.6 Å². The molecule has 0 aliphatic carbocycles. The maximum atomic E-state index is 12.6. The lowest BCUT2D eigenvalue weighted by molar-refractivity contribution is 0.0521. The van der Waals surface area contributed by atoms with E-state index in [1.54, 1.807) is 12.3 Å². The largest absolute Gasteiger partial charge is 0.362 e. The zero-order chi connectivity index (χ0) is 17.7. The van der Waals surface area contributed by atoms with Crippen molar-refractivity contribution in [1.29, 1.82) is 0 Å². The summed E-state index contributed by atoms with van der Waals surface area (Å²) in [6.45, 7) is 12.6. The predicted molar refractivity (Wildman–Crippen MR) is 98.7 cm³/mol. The summed E-state index contributed by atoms with van der Waals surface area (Å²) < 4.78 is 0. The van der Waals surface area contributed by atoms with Crippen molar-refractivity contribution in [2.75, 3.05) is 58.3 Å². The lowest BCUT2D eigenvalue weighted by Gasteiger charge is -2.44. The normalized spacial score (nSPS) is 16.9. The van der Waals surface area contributed by atoms with E-state index in [4.69, 9.17) is 0 Å². The van der Waals surface area contributed by atoms with Gasteiger partial charge >= 0.3 is 0 Å². The number of anilines is 1. The van der Waals surface area contributed by atoms with Crippen LogP contribution in [-0.2, 0) is 0 Å². The van der Waals surface area contributed by atoms with Crippen molar-refractivity contribution in [3.8, 4) is 0 Å². The smallest absolute Gasteiger partial charge is 0.255 e. The van der Waals surface area contributed by atoms with E-state index in [9.17, 15) is 4.79 Å². The van der Waals surface area contributed by atoms with Gasteiger partial charge in [0.1, 0.15) is 5.82 Å². The summed E-state index contributed by atoms with van der Waals surface area (Å²) >= 11 is 0. The van der Waals surface area contributed by atoms with Crippen molar-refractivity contribution >= 4 is 11.7 Å². The minimum Gasteiger partial charge on any atom is -0.362 e. The zero-order valence-corrected chi connectivity index (χ0v) is 15.7. The van der Waals surface area contributed by atoms with Crippen molar-refractivity contribution < 1.29 is 4.79 Å². The summed E-state index contributed by atoms with van der Waals surface area (Å²) in [5.41, 5.74) is 0.560. The summed E-state index contributed by atoms with van der Waals surface area (Å²) in [6, 6.07) is 3.63. The summed E-state index contributed by atoms with van der Waals surface area (Å²) in [6.07, 6.45) is 1.71. The number of carbonyl (C=O) groups is 1. The molecule has 6 heteroatoms. The van der Waals surface area contributed by atoms with Gasteiger partial charge < -0.3 is 15.1 Å². The molecule has 24 heavy (non-hydrogen) atoms. The van der Waals surface area contributed by atoms with Crippen LogP contribution in [0.1, 0.15) is 31.1 Å². The van der Waals surface area contributed by atoms with E-state index in [-0.39, 0.29) is 11.4 Å². The van der Waals surface area contributed by atoms with Gasteiger partial charge in [-0.15, -0.1) is 0 Å². The number of nitrogens with zero attached hydrogens (tertiary/aromatic N) is 4. The van der Waals surface area contributed by atoms with E-state index in [0.29, 0.717) is 17.9 Å². The number of nitrogens with one attached hydrogen (secondary N) is 1. The first-order valence-electron chi connectivity index (χ1n) is 8.73. The number of pyridine rings is 1. The number of piperazine rings is 1. The molecule has 0 spiro atoms. The Labute approximate surface area is 145 Å². The highest BCUT2D eigenvalue weighted by atomic mass is 16.1. The molecule has 0 saturated carbocycles. The maximum Gasteiger partial charge on any atom is 0.255 e. The molecule has 1 aromatic rings. The van der Waals surface area contributed by atoms with Crippen LogP contribution in [0.25, 0.3) is 0 Å². The second-order valence-corrected chi connectivity index (χ2v) is 7.19. The van der Waals surface area contributed by atoms with Gasteiger partial charge in [-0.25, -0.2) is 4.98 Å². The van der Waals surface area contributed by atoms with Crippen LogP contribution in [0.15, 0.2) is 18.3 Å². The topological polar surface area (TPSA) is 51.7 Å². The molecule has 0 bridgehead atoms. The number of hydrogen-bond acceptors (Lipinski definition) is 5. The molecule has 1 saturated heterocycles. The quantitative estimate of drug-likeness (QED) is 0.850. The third-order valence-corrected chi connectivity index (χ3v) is 4.81. The average molecular weight is 333 g/mol. The Bertz CT molecular complexity index is 550.